The maximum atomic E-state index is 12.6. The third kappa shape index (κ3) is 4.83. The van der Waals surface area contributed by atoms with Crippen LogP contribution < -0.4 is 10.7 Å². The average molecular weight is 482 g/mol. The van der Waals surface area contributed by atoms with Gasteiger partial charge in [-0.25, -0.2) is 5.43 Å². The fraction of sp³-hybridized carbons (Fsp3) is 0.0417. The Balaban J connectivity index is 1.47. The molecule has 0 atom stereocenters. The number of benzene rings is 3. The molecule has 1 aromatic heterocycles. The van der Waals surface area contributed by atoms with Crippen molar-refractivity contribution in [3.8, 4) is 0 Å². The van der Waals surface area contributed by atoms with Crippen LogP contribution in [0.5, 0.6) is 0 Å². The van der Waals surface area contributed by atoms with Gasteiger partial charge >= 0.3 is 0 Å². The Kier molecular flexibility index (Phi) is 6.55. The molecule has 32 heavy (non-hydrogen) atoms. The molecule has 0 aliphatic rings. The minimum Gasteiger partial charge on any atom is -0.322 e. The Bertz CT molecular complexity index is 1350. The molecule has 2 N–H and O–H groups in total. The fourth-order valence-electron chi connectivity index (χ4n) is 3.04. The number of carbonyl (C=O) groups excluding carboxylic acids is 2. The van der Waals surface area contributed by atoms with Crippen molar-refractivity contribution in [2.75, 3.05) is 5.32 Å². The minimum atomic E-state index is -0.372. The summed E-state index contributed by atoms with van der Waals surface area (Å²) in [5.41, 5.74) is 5.00. The summed E-state index contributed by atoms with van der Waals surface area (Å²) >= 11 is 13.6. The summed E-state index contributed by atoms with van der Waals surface area (Å²) in [6.07, 6.45) is 0. The maximum absolute atomic E-state index is 12.6. The first-order chi connectivity index (χ1) is 15.4. The molecular formula is C24H17Cl2N3O2S. The molecule has 0 saturated heterocycles. The van der Waals surface area contributed by atoms with Gasteiger partial charge in [0.05, 0.1) is 10.7 Å². The lowest BCUT2D eigenvalue weighted by molar-refractivity contribution is 0.0958. The smallest absolute Gasteiger partial charge is 0.283 e. The van der Waals surface area contributed by atoms with Crippen molar-refractivity contribution in [2.45, 2.75) is 6.92 Å². The van der Waals surface area contributed by atoms with Crippen LogP contribution in [0, 0.1) is 0 Å². The number of amides is 2. The van der Waals surface area contributed by atoms with E-state index in [1.54, 1.807) is 49.4 Å². The number of rotatable bonds is 5. The molecule has 2 amide bonds. The highest BCUT2D eigenvalue weighted by molar-refractivity contribution is 7.21. The van der Waals surface area contributed by atoms with E-state index in [0.29, 0.717) is 31.9 Å². The van der Waals surface area contributed by atoms with Gasteiger partial charge in [-0.05, 0) is 55.0 Å². The van der Waals surface area contributed by atoms with Crippen LogP contribution in [0.4, 0.5) is 5.69 Å². The van der Waals surface area contributed by atoms with Crippen LogP contribution in [0.3, 0.4) is 0 Å². The van der Waals surface area contributed by atoms with Crippen LogP contribution in [0.2, 0.25) is 10.0 Å². The number of hydrogen-bond donors (Lipinski definition) is 2. The highest BCUT2D eigenvalue weighted by Gasteiger charge is 2.16. The first-order valence-corrected chi connectivity index (χ1v) is 11.2. The molecule has 0 spiro atoms. The number of hydrazone groups is 1. The van der Waals surface area contributed by atoms with E-state index in [1.165, 1.54) is 11.3 Å². The molecule has 8 heteroatoms. The number of nitrogens with zero attached hydrogens (tertiary/aromatic N) is 1. The lowest BCUT2D eigenvalue weighted by Crippen LogP contribution is -2.18. The summed E-state index contributed by atoms with van der Waals surface area (Å²) in [5, 5.41) is 8.88. The van der Waals surface area contributed by atoms with Gasteiger partial charge in [-0.2, -0.15) is 5.10 Å². The second kappa shape index (κ2) is 9.53. The normalized spacial score (nSPS) is 11.4. The molecule has 0 fully saturated rings. The molecule has 0 aliphatic carbocycles. The number of hydrogen-bond acceptors (Lipinski definition) is 4. The van der Waals surface area contributed by atoms with Crippen molar-refractivity contribution >= 4 is 67.8 Å². The Morgan fingerprint density at radius 1 is 0.875 bits per heavy atom. The van der Waals surface area contributed by atoms with Crippen LogP contribution in [-0.4, -0.2) is 17.5 Å². The molecule has 4 aromatic rings. The predicted octanol–water partition coefficient (Wildman–Crippen LogP) is 6.61. The van der Waals surface area contributed by atoms with Crippen molar-refractivity contribution in [1.29, 1.82) is 0 Å². The van der Waals surface area contributed by atoms with Crippen molar-refractivity contribution in [1.82, 2.24) is 5.43 Å². The first kappa shape index (κ1) is 22.0. The second-order valence-electron chi connectivity index (χ2n) is 6.92. The standard InChI is InChI=1S/C24H17Cl2N3O2S/c1-14(28-29-24(31)22-21(26)19-7-2-3-8-20(19)32-22)16-5-4-6-18(13-16)27-23(30)15-9-11-17(25)12-10-15/h2-13H,1H3,(H,27,30)(H,29,31)/b28-14-. The van der Waals surface area contributed by atoms with Gasteiger partial charge in [-0.15, -0.1) is 11.3 Å². The van der Waals surface area contributed by atoms with Crippen molar-refractivity contribution < 1.29 is 9.59 Å². The maximum Gasteiger partial charge on any atom is 0.283 e. The van der Waals surface area contributed by atoms with Gasteiger partial charge < -0.3 is 5.32 Å². The summed E-state index contributed by atoms with van der Waals surface area (Å²) in [6.45, 7) is 1.77. The molecule has 0 bridgehead atoms. The van der Waals surface area contributed by atoms with Gasteiger partial charge in [0.25, 0.3) is 11.8 Å². The summed E-state index contributed by atoms with van der Waals surface area (Å²) in [5.74, 6) is -0.621. The van der Waals surface area contributed by atoms with Crippen molar-refractivity contribution in [3.05, 3.63) is 98.8 Å². The third-order valence-electron chi connectivity index (χ3n) is 4.71. The molecule has 1 heterocycles. The van der Waals surface area contributed by atoms with Crippen LogP contribution >= 0.6 is 34.5 Å². The third-order valence-corrected chi connectivity index (χ3v) is 6.64. The van der Waals surface area contributed by atoms with E-state index in [-0.39, 0.29) is 11.8 Å². The van der Waals surface area contributed by atoms with Gasteiger partial charge in [-0.1, -0.05) is 53.5 Å². The van der Waals surface area contributed by atoms with E-state index in [9.17, 15) is 9.59 Å². The molecule has 0 unspecified atom stereocenters. The van der Waals surface area contributed by atoms with Crippen molar-refractivity contribution in [3.63, 3.8) is 0 Å². The molecular weight excluding hydrogens is 465 g/mol. The van der Waals surface area contributed by atoms with Gasteiger partial charge in [-0.3, -0.25) is 9.59 Å². The minimum absolute atomic E-state index is 0.249. The summed E-state index contributed by atoms with van der Waals surface area (Å²) in [4.78, 5) is 25.4. The predicted molar refractivity (Wildman–Crippen MR) is 132 cm³/mol. The molecule has 0 aliphatic heterocycles. The number of fused-ring (bicyclic) bond motifs is 1. The quantitative estimate of drug-likeness (QED) is 0.248. The lowest BCUT2D eigenvalue weighted by Gasteiger charge is -2.08. The Labute approximate surface area is 198 Å². The SMILES string of the molecule is C/C(=N/NC(=O)c1sc2ccccc2c1Cl)c1cccc(NC(=O)c2ccc(Cl)cc2)c1. The number of carbonyl (C=O) groups is 2. The molecule has 0 saturated carbocycles. The zero-order valence-corrected chi connectivity index (χ0v) is 19.2. The van der Waals surface area contributed by atoms with E-state index in [4.69, 9.17) is 23.2 Å². The van der Waals surface area contributed by atoms with Crippen LogP contribution in [0.25, 0.3) is 10.1 Å². The molecule has 3 aromatic carbocycles. The topological polar surface area (TPSA) is 70.6 Å². The lowest BCUT2D eigenvalue weighted by atomic mass is 10.1. The second-order valence-corrected chi connectivity index (χ2v) is 8.79. The number of nitrogens with one attached hydrogen (secondary N) is 2. The van der Waals surface area contributed by atoms with E-state index < -0.39 is 0 Å². The summed E-state index contributed by atoms with van der Waals surface area (Å²) in [6, 6.07) is 21.4. The van der Waals surface area contributed by atoms with Crippen LogP contribution in [0.1, 0.15) is 32.5 Å². The highest BCUT2D eigenvalue weighted by Crippen LogP contribution is 2.35. The molecule has 5 nitrogen and oxygen atoms in total. The van der Waals surface area contributed by atoms with E-state index in [0.717, 1.165) is 15.6 Å². The van der Waals surface area contributed by atoms with Crippen LogP contribution in [-0.2, 0) is 0 Å². The first-order valence-electron chi connectivity index (χ1n) is 9.61. The Morgan fingerprint density at radius 3 is 2.38 bits per heavy atom. The Morgan fingerprint density at radius 2 is 1.62 bits per heavy atom. The zero-order chi connectivity index (χ0) is 22.7. The monoisotopic (exact) mass is 481 g/mol. The van der Waals surface area contributed by atoms with Gasteiger partial charge in [0.1, 0.15) is 4.88 Å². The summed E-state index contributed by atoms with van der Waals surface area (Å²) < 4.78 is 0.937. The van der Waals surface area contributed by atoms with Crippen molar-refractivity contribution in [2.24, 2.45) is 5.10 Å². The molecule has 4 rings (SSSR count). The average Bonchev–Trinajstić information content (AvgIpc) is 3.14. The molecule has 160 valence electrons. The Hall–Kier alpha value is -3.19. The van der Waals surface area contributed by atoms with E-state index >= 15 is 0 Å². The summed E-state index contributed by atoms with van der Waals surface area (Å²) in [7, 11) is 0. The fourth-order valence-corrected chi connectivity index (χ4v) is 4.57. The zero-order valence-electron chi connectivity index (χ0n) is 16.9. The largest absolute Gasteiger partial charge is 0.322 e. The van der Waals surface area contributed by atoms with E-state index in [2.05, 4.69) is 15.8 Å². The highest BCUT2D eigenvalue weighted by atomic mass is 35.5. The van der Waals surface area contributed by atoms with Gasteiger partial charge in [0.15, 0.2) is 0 Å². The molecule has 0 radical (unpaired) electrons. The van der Waals surface area contributed by atoms with Gasteiger partial charge in [0.2, 0.25) is 0 Å². The number of thiophene rings is 1. The van der Waals surface area contributed by atoms with Gasteiger partial charge in [0, 0.05) is 26.4 Å². The van der Waals surface area contributed by atoms with E-state index in [1.807, 2.05) is 30.3 Å². The number of anilines is 1. The van der Waals surface area contributed by atoms with Crippen LogP contribution in [0.15, 0.2) is 77.9 Å². The number of halogens is 2.